The van der Waals surface area contributed by atoms with Crippen LogP contribution in [0.4, 0.5) is 0 Å². The molecule has 0 aromatic heterocycles. The average Bonchev–Trinajstić information content (AvgIpc) is 2.10. The van der Waals surface area contributed by atoms with E-state index in [1.807, 2.05) is 13.8 Å². The molecule has 0 bridgehead atoms. The molecule has 1 N–H and O–H groups in total. The Bertz CT molecular complexity index is 168. The molecule has 0 saturated heterocycles. The molecular formula is C10H20O4. The molecule has 2 unspecified atom stereocenters. The molecule has 0 aromatic rings. The lowest BCUT2D eigenvalue weighted by atomic mass is 10.2. The Balaban J connectivity index is 3.53. The highest BCUT2D eigenvalue weighted by Crippen LogP contribution is 2.03. The van der Waals surface area contributed by atoms with Gasteiger partial charge in [-0.1, -0.05) is 13.8 Å². The van der Waals surface area contributed by atoms with Crippen molar-refractivity contribution in [2.24, 2.45) is 11.8 Å². The maximum absolute atomic E-state index is 10.5. The van der Waals surface area contributed by atoms with Crippen molar-refractivity contribution in [3.8, 4) is 0 Å². The molecule has 0 fully saturated rings. The van der Waals surface area contributed by atoms with E-state index in [4.69, 9.17) is 14.6 Å². The minimum absolute atomic E-state index is 0.189. The Hall–Kier alpha value is -0.610. The molecular weight excluding hydrogens is 184 g/mol. The number of hydrogen-bond acceptors (Lipinski definition) is 3. The molecule has 0 heterocycles. The summed E-state index contributed by atoms with van der Waals surface area (Å²) < 4.78 is 10.5. The van der Waals surface area contributed by atoms with E-state index in [9.17, 15) is 4.79 Å². The highest BCUT2D eigenvalue weighted by Gasteiger charge is 2.13. The fraction of sp³-hybridized carbons (Fsp3) is 0.900. The second kappa shape index (κ2) is 6.79. The van der Waals surface area contributed by atoms with E-state index in [0.717, 1.165) is 0 Å². The molecule has 2 atom stereocenters. The van der Waals surface area contributed by atoms with Crippen LogP contribution < -0.4 is 0 Å². The molecule has 0 saturated carbocycles. The minimum atomic E-state index is -0.846. The first-order valence-corrected chi connectivity index (χ1v) is 4.89. The monoisotopic (exact) mass is 204 g/mol. The summed E-state index contributed by atoms with van der Waals surface area (Å²) in [5, 5.41) is 8.59. The van der Waals surface area contributed by atoms with E-state index in [-0.39, 0.29) is 12.9 Å². The van der Waals surface area contributed by atoms with Crippen molar-refractivity contribution < 1.29 is 19.4 Å². The van der Waals surface area contributed by atoms with Gasteiger partial charge in [0.25, 0.3) is 0 Å². The van der Waals surface area contributed by atoms with Crippen LogP contribution in [0.3, 0.4) is 0 Å². The van der Waals surface area contributed by atoms with E-state index in [1.165, 1.54) is 0 Å². The zero-order valence-electron chi connectivity index (χ0n) is 9.32. The second-order valence-electron chi connectivity index (χ2n) is 3.87. The highest BCUT2D eigenvalue weighted by molar-refractivity contribution is 5.69. The summed E-state index contributed by atoms with van der Waals surface area (Å²) in [4.78, 5) is 10.5. The molecule has 4 nitrogen and oxygen atoms in total. The Morgan fingerprint density at radius 1 is 1.14 bits per heavy atom. The summed E-state index contributed by atoms with van der Waals surface area (Å²) in [5.41, 5.74) is 0. The summed E-state index contributed by atoms with van der Waals surface area (Å²) in [6.07, 6.45) is -0.334. The van der Waals surface area contributed by atoms with Gasteiger partial charge >= 0.3 is 5.97 Å². The van der Waals surface area contributed by atoms with Gasteiger partial charge in [0, 0.05) is 0 Å². The van der Waals surface area contributed by atoms with Crippen molar-refractivity contribution in [3.63, 3.8) is 0 Å². The molecule has 0 radical (unpaired) electrons. The molecule has 0 aromatic carbocycles. The maximum Gasteiger partial charge on any atom is 0.308 e. The predicted molar refractivity (Wildman–Crippen MR) is 53.0 cm³/mol. The van der Waals surface area contributed by atoms with E-state index in [1.54, 1.807) is 13.8 Å². The van der Waals surface area contributed by atoms with Crippen molar-refractivity contribution in [2.75, 3.05) is 13.2 Å². The number of hydrogen-bond donors (Lipinski definition) is 1. The first-order valence-electron chi connectivity index (χ1n) is 4.89. The fourth-order valence-electron chi connectivity index (χ4n) is 0.727. The SMILES string of the molecule is CC(C)COC(C)OCC(C)C(=O)O. The van der Waals surface area contributed by atoms with Crippen LogP contribution in [0, 0.1) is 11.8 Å². The molecule has 0 rings (SSSR count). The zero-order valence-corrected chi connectivity index (χ0v) is 9.32. The molecule has 4 heteroatoms. The fourth-order valence-corrected chi connectivity index (χ4v) is 0.727. The van der Waals surface area contributed by atoms with Crippen LogP contribution in [-0.2, 0) is 14.3 Å². The Morgan fingerprint density at radius 2 is 1.64 bits per heavy atom. The Morgan fingerprint density at radius 3 is 2.07 bits per heavy atom. The van der Waals surface area contributed by atoms with E-state index in [2.05, 4.69) is 0 Å². The van der Waals surface area contributed by atoms with E-state index >= 15 is 0 Å². The third kappa shape index (κ3) is 6.86. The van der Waals surface area contributed by atoms with Gasteiger partial charge in [-0.05, 0) is 19.8 Å². The van der Waals surface area contributed by atoms with Crippen LogP contribution in [0.15, 0.2) is 0 Å². The van der Waals surface area contributed by atoms with Gasteiger partial charge in [-0.3, -0.25) is 4.79 Å². The molecule has 0 aliphatic carbocycles. The van der Waals surface area contributed by atoms with Gasteiger partial charge < -0.3 is 14.6 Å². The number of ether oxygens (including phenoxy) is 2. The summed E-state index contributed by atoms with van der Waals surface area (Å²) in [7, 11) is 0. The number of rotatable bonds is 7. The van der Waals surface area contributed by atoms with Crippen molar-refractivity contribution in [1.82, 2.24) is 0 Å². The van der Waals surface area contributed by atoms with Gasteiger partial charge in [-0.15, -0.1) is 0 Å². The Labute approximate surface area is 85.2 Å². The molecule has 14 heavy (non-hydrogen) atoms. The smallest absolute Gasteiger partial charge is 0.308 e. The van der Waals surface area contributed by atoms with E-state index < -0.39 is 11.9 Å². The van der Waals surface area contributed by atoms with Gasteiger partial charge in [-0.2, -0.15) is 0 Å². The lowest BCUT2D eigenvalue weighted by Gasteiger charge is -2.16. The standard InChI is InChI=1S/C10H20O4/c1-7(2)5-13-9(4)14-6-8(3)10(11)12/h7-9H,5-6H2,1-4H3,(H,11,12). The van der Waals surface area contributed by atoms with Crippen LogP contribution in [0.25, 0.3) is 0 Å². The number of aliphatic carboxylic acids is 1. The van der Waals surface area contributed by atoms with Crippen LogP contribution >= 0.6 is 0 Å². The quantitative estimate of drug-likeness (QED) is 0.642. The lowest BCUT2D eigenvalue weighted by Crippen LogP contribution is -2.22. The van der Waals surface area contributed by atoms with Crippen molar-refractivity contribution in [3.05, 3.63) is 0 Å². The van der Waals surface area contributed by atoms with Gasteiger partial charge in [0.15, 0.2) is 6.29 Å². The number of carboxylic acid groups (broad SMARTS) is 1. The lowest BCUT2D eigenvalue weighted by molar-refractivity contribution is -0.158. The predicted octanol–water partition coefficient (Wildman–Crippen LogP) is 1.74. The normalized spacial score (nSPS) is 15.5. The van der Waals surface area contributed by atoms with Gasteiger partial charge in [0.2, 0.25) is 0 Å². The third-order valence-electron chi connectivity index (χ3n) is 1.67. The Kier molecular flexibility index (Phi) is 6.49. The molecule has 84 valence electrons. The van der Waals surface area contributed by atoms with Crippen molar-refractivity contribution in [1.29, 1.82) is 0 Å². The van der Waals surface area contributed by atoms with Crippen molar-refractivity contribution >= 4 is 5.97 Å². The number of carbonyl (C=O) groups is 1. The summed E-state index contributed by atoms with van der Waals surface area (Å²) >= 11 is 0. The molecule has 0 amide bonds. The average molecular weight is 204 g/mol. The molecule has 0 aliphatic heterocycles. The summed E-state index contributed by atoms with van der Waals surface area (Å²) in [6.45, 7) is 8.30. The first-order chi connectivity index (χ1) is 6.43. The van der Waals surface area contributed by atoms with Crippen LogP contribution in [0.5, 0.6) is 0 Å². The maximum atomic E-state index is 10.5. The molecule has 0 spiro atoms. The van der Waals surface area contributed by atoms with Gasteiger partial charge in [-0.25, -0.2) is 0 Å². The highest BCUT2D eigenvalue weighted by atomic mass is 16.7. The largest absolute Gasteiger partial charge is 0.481 e. The van der Waals surface area contributed by atoms with Gasteiger partial charge in [0.05, 0.1) is 19.1 Å². The topological polar surface area (TPSA) is 55.8 Å². The van der Waals surface area contributed by atoms with Crippen LogP contribution in [0.2, 0.25) is 0 Å². The third-order valence-corrected chi connectivity index (χ3v) is 1.67. The zero-order chi connectivity index (χ0) is 11.1. The minimum Gasteiger partial charge on any atom is -0.481 e. The summed E-state index contributed by atoms with van der Waals surface area (Å²) in [6, 6.07) is 0. The first kappa shape index (κ1) is 13.4. The number of carboxylic acids is 1. The molecule has 0 aliphatic rings. The van der Waals surface area contributed by atoms with Gasteiger partial charge in [0.1, 0.15) is 0 Å². The van der Waals surface area contributed by atoms with E-state index in [0.29, 0.717) is 12.5 Å². The second-order valence-corrected chi connectivity index (χ2v) is 3.87. The van der Waals surface area contributed by atoms with Crippen molar-refractivity contribution in [2.45, 2.75) is 34.0 Å². The van der Waals surface area contributed by atoms with Crippen LogP contribution in [-0.4, -0.2) is 30.6 Å². The van der Waals surface area contributed by atoms with Crippen LogP contribution in [0.1, 0.15) is 27.7 Å². The summed E-state index contributed by atoms with van der Waals surface area (Å²) in [5.74, 6) is -0.876.